The minimum absolute atomic E-state index is 0.360. The van der Waals surface area contributed by atoms with Crippen LogP contribution in [-0.4, -0.2) is 17.3 Å². The van der Waals surface area contributed by atoms with Gasteiger partial charge in [0.15, 0.2) is 0 Å². The molecule has 2 aromatic heterocycles. The van der Waals surface area contributed by atoms with Crippen molar-refractivity contribution in [2.45, 2.75) is 6.04 Å². The topological polar surface area (TPSA) is 86.2 Å². The van der Waals surface area contributed by atoms with Crippen molar-refractivity contribution < 1.29 is 9.15 Å². The van der Waals surface area contributed by atoms with Gasteiger partial charge in [-0.1, -0.05) is 18.2 Å². The Morgan fingerprint density at radius 1 is 1.20 bits per heavy atom. The van der Waals surface area contributed by atoms with Gasteiger partial charge in [0, 0.05) is 11.5 Å². The fourth-order valence-corrected chi connectivity index (χ4v) is 2.05. The summed E-state index contributed by atoms with van der Waals surface area (Å²) in [6, 6.07) is 12.9. The monoisotopic (exact) mass is 270 g/mol. The number of hydrogen-bond donors (Lipinski definition) is 2. The van der Waals surface area contributed by atoms with Gasteiger partial charge in [0.05, 0.1) is 12.8 Å². The molecule has 1 unspecified atom stereocenters. The zero-order chi connectivity index (χ0) is 13.9. The smallest absolute Gasteiger partial charge is 0.233 e. The van der Waals surface area contributed by atoms with E-state index in [9.17, 15) is 0 Å². The van der Waals surface area contributed by atoms with Crippen LogP contribution in [0, 0.1) is 0 Å². The second kappa shape index (κ2) is 5.28. The molecule has 0 radical (unpaired) electrons. The van der Waals surface area contributed by atoms with E-state index in [0.717, 1.165) is 11.0 Å². The Hall–Kier alpha value is -2.44. The maximum atomic E-state index is 5.79. The van der Waals surface area contributed by atoms with E-state index >= 15 is 0 Å². The Bertz CT molecular complexity index is 676. The molecule has 6 nitrogen and oxygen atoms in total. The summed E-state index contributed by atoms with van der Waals surface area (Å²) in [5.74, 6) is 6.76. The molecule has 0 amide bonds. The maximum Gasteiger partial charge on any atom is 0.233 e. The summed E-state index contributed by atoms with van der Waals surface area (Å²) in [6.07, 6.45) is 0. The lowest BCUT2D eigenvalue weighted by atomic mass is 10.1. The Morgan fingerprint density at radius 2 is 2.05 bits per heavy atom. The number of hydrazine groups is 1. The lowest BCUT2D eigenvalue weighted by Crippen LogP contribution is -2.29. The first-order chi connectivity index (χ1) is 9.81. The summed E-state index contributed by atoms with van der Waals surface area (Å²) < 4.78 is 10.8. The summed E-state index contributed by atoms with van der Waals surface area (Å²) in [5.41, 5.74) is 4.17. The van der Waals surface area contributed by atoms with Gasteiger partial charge in [-0.3, -0.25) is 5.84 Å². The number of para-hydroxylation sites is 1. The van der Waals surface area contributed by atoms with Gasteiger partial charge < -0.3 is 9.15 Å². The van der Waals surface area contributed by atoms with E-state index < -0.39 is 0 Å². The number of ether oxygens (including phenoxy) is 1. The van der Waals surface area contributed by atoms with E-state index in [2.05, 4.69) is 15.6 Å². The third-order valence-electron chi connectivity index (χ3n) is 3.06. The number of fused-ring (bicyclic) bond motifs is 1. The van der Waals surface area contributed by atoms with Gasteiger partial charge in [0.2, 0.25) is 5.88 Å². The Labute approximate surface area is 115 Å². The van der Waals surface area contributed by atoms with Crippen molar-refractivity contribution in [2.24, 2.45) is 5.84 Å². The molecular formula is C14H14N4O2. The molecule has 0 aliphatic rings. The molecule has 0 saturated carbocycles. The van der Waals surface area contributed by atoms with Crippen LogP contribution in [0.2, 0.25) is 0 Å². The van der Waals surface area contributed by atoms with E-state index in [1.54, 1.807) is 19.2 Å². The standard InChI is InChI=1S/C14H14N4O2/c1-19-13-7-6-10(17-18-13)14(16-15)12-8-9-4-2-3-5-11(9)20-12/h2-8,14,16H,15H2,1H3. The molecule has 3 rings (SSSR count). The van der Waals surface area contributed by atoms with Gasteiger partial charge in [-0.15, -0.1) is 10.2 Å². The minimum Gasteiger partial charge on any atom is -0.480 e. The molecule has 3 aromatic rings. The van der Waals surface area contributed by atoms with Crippen LogP contribution in [0.1, 0.15) is 17.5 Å². The van der Waals surface area contributed by atoms with Crippen molar-refractivity contribution in [3.05, 3.63) is 53.9 Å². The second-order valence-electron chi connectivity index (χ2n) is 4.29. The summed E-state index contributed by atoms with van der Waals surface area (Å²) >= 11 is 0. The molecule has 1 atom stereocenters. The Balaban J connectivity index is 1.99. The maximum absolute atomic E-state index is 5.79. The van der Waals surface area contributed by atoms with Gasteiger partial charge in [0.1, 0.15) is 17.4 Å². The van der Waals surface area contributed by atoms with Crippen molar-refractivity contribution in [3.8, 4) is 5.88 Å². The van der Waals surface area contributed by atoms with Crippen molar-refractivity contribution in [2.75, 3.05) is 7.11 Å². The molecule has 3 N–H and O–H groups in total. The zero-order valence-electron chi connectivity index (χ0n) is 10.9. The number of hydrogen-bond acceptors (Lipinski definition) is 6. The van der Waals surface area contributed by atoms with E-state index in [1.807, 2.05) is 30.3 Å². The molecule has 0 fully saturated rings. The van der Waals surface area contributed by atoms with Gasteiger partial charge in [0.25, 0.3) is 0 Å². The van der Waals surface area contributed by atoms with Crippen molar-refractivity contribution in [1.29, 1.82) is 0 Å². The molecule has 6 heteroatoms. The van der Waals surface area contributed by atoms with Crippen LogP contribution < -0.4 is 16.0 Å². The minimum atomic E-state index is -0.360. The molecule has 0 spiro atoms. The molecule has 2 heterocycles. The van der Waals surface area contributed by atoms with Gasteiger partial charge in [-0.05, 0) is 18.2 Å². The summed E-state index contributed by atoms with van der Waals surface area (Å²) in [5, 5.41) is 9.04. The first kappa shape index (κ1) is 12.6. The highest BCUT2D eigenvalue weighted by molar-refractivity contribution is 5.77. The van der Waals surface area contributed by atoms with Crippen LogP contribution in [0.15, 0.2) is 46.9 Å². The fourth-order valence-electron chi connectivity index (χ4n) is 2.05. The number of methoxy groups -OCH3 is 1. The van der Waals surface area contributed by atoms with E-state index in [-0.39, 0.29) is 6.04 Å². The van der Waals surface area contributed by atoms with Crippen molar-refractivity contribution >= 4 is 11.0 Å². The largest absolute Gasteiger partial charge is 0.480 e. The highest BCUT2D eigenvalue weighted by Gasteiger charge is 2.19. The van der Waals surface area contributed by atoms with E-state index in [0.29, 0.717) is 17.3 Å². The van der Waals surface area contributed by atoms with Gasteiger partial charge in [-0.25, -0.2) is 5.43 Å². The quantitative estimate of drug-likeness (QED) is 0.555. The normalized spacial score (nSPS) is 12.5. The first-order valence-corrected chi connectivity index (χ1v) is 6.14. The van der Waals surface area contributed by atoms with Crippen LogP contribution in [0.4, 0.5) is 0 Å². The molecule has 0 bridgehead atoms. The lowest BCUT2D eigenvalue weighted by Gasteiger charge is -2.11. The van der Waals surface area contributed by atoms with Gasteiger partial charge in [-0.2, -0.15) is 0 Å². The number of aromatic nitrogens is 2. The van der Waals surface area contributed by atoms with Crippen LogP contribution in [0.5, 0.6) is 5.88 Å². The van der Waals surface area contributed by atoms with Crippen LogP contribution in [0.25, 0.3) is 11.0 Å². The third kappa shape index (κ3) is 2.22. The highest BCUT2D eigenvalue weighted by atomic mass is 16.5. The average molecular weight is 270 g/mol. The number of furan rings is 1. The average Bonchev–Trinajstić information content (AvgIpc) is 2.92. The van der Waals surface area contributed by atoms with Crippen molar-refractivity contribution in [1.82, 2.24) is 15.6 Å². The summed E-state index contributed by atoms with van der Waals surface area (Å²) in [7, 11) is 1.54. The van der Waals surface area contributed by atoms with Crippen LogP contribution in [0.3, 0.4) is 0 Å². The van der Waals surface area contributed by atoms with E-state index in [1.165, 1.54) is 0 Å². The highest BCUT2D eigenvalue weighted by Crippen LogP contribution is 2.26. The summed E-state index contributed by atoms with van der Waals surface area (Å²) in [4.78, 5) is 0. The fraction of sp³-hybridized carbons (Fsp3) is 0.143. The predicted octanol–water partition coefficient (Wildman–Crippen LogP) is 1.78. The van der Waals surface area contributed by atoms with E-state index in [4.69, 9.17) is 15.0 Å². The molecule has 102 valence electrons. The zero-order valence-corrected chi connectivity index (χ0v) is 10.9. The number of nitrogens with zero attached hydrogens (tertiary/aromatic N) is 2. The molecule has 0 saturated heterocycles. The SMILES string of the molecule is COc1ccc(C(NN)c2cc3ccccc3o2)nn1. The number of nitrogens with two attached hydrogens (primary N) is 1. The number of nitrogens with one attached hydrogen (secondary N) is 1. The summed E-state index contributed by atoms with van der Waals surface area (Å²) in [6.45, 7) is 0. The third-order valence-corrected chi connectivity index (χ3v) is 3.06. The Morgan fingerprint density at radius 3 is 2.70 bits per heavy atom. The lowest BCUT2D eigenvalue weighted by molar-refractivity contribution is 0.388. The van der Waals surface area contributed by atoms with Gasteiger partial charge >= 0.3 is 0 Å². The molecule has 0 aliphatic carbocycles. The number of rotatable bonds is 4. The molecule has 1 aromatic carbocycles. The van der Waals surface area contributed by atoms with Crippen LogP contribution >= 0.6 is 0 Å². The first-order valence-electron chi connectivity index (χ1n) is 6.14. The number of benzene rings is 1. The van der Waals surface area contributed by atoms with Crippen LogP contribution in [-0.2, 0) is 0 Å². The molecule has 20 heavy (non-hydrogen) atoms. The Kier molecular flexibility index (Phi) is 3.32. The molecule has 0 aliphatic heterocycles. The molecular weight excluding hydrogens is 256 g/mol. The van der Waals surface area contributed by atoms with Crippen molar-refractivity contribution in [3.63, 3.8) is 0 Å². The predicted molar refractivity (Wildman–Crippen MR) is 74.0 cm³/mol. The second-order valence-corrected chi connectivity index (χ2v) is 4.29.